The zero-order valence-corrected chi connectivity index (χ0v) is 18.1. The maximum Gasteiger partial charge on any atom is 0.362 e. The Morgan fingerprint density at radius 2 is 1.12 bits per heavy atom. The van der Waals surface area contributed by atoms with Gasteiger partial charge in [-0.3, -0.25) is 0 Å². The number of carbonyl (C=O) groups is 2. The Morgan fingerprint density at radius 3 is 1.56 bits per heavy atom. The van der Waals surface area contributed by atoms with Gasteiger partial charge in [-0.05, 0) is 73.5 Å². The molecule has 0 aliphatic carbocycles. The second kappa shape index (κ2) is 11.5. The van der Waals surface area contributed by atoms with Gasteiger partial charge in [0.1, 0.15) is 28.7 Å². The van der Waals surface area contributed by atoms with Gasteiger partial charge in [0.15, 0.2) is 0 Å². The van der Waals surface area contributed by atoms with Crippen LogP contribution in [0.3, 0.4) is 0 Å². The molecule has 0 unspecified atom stereocenters. The van der Waals surface area contributed by atoms with Gasteiger partial charge in [-0.2, -0.15) is 0 Å². The highest BCUT2D eigenvalue weighted by Gasteiger charge is 2.14. The summed E-state index contributed by atoms with van der Waals surface area (Å²) in [6, 6.07) is 16.4. The van der Waals surface area contributed by atoms with Crippen LogP contribution in [0.2, 0.25) is 0 Å². The Bertz CT molecular complexity index is 929. The molecule has 1 aromatic heterocycles. The lowest BCUT2D eigenvalue weighted by Crippen LogP contribution is -2.13. The van der Waals surface area contributed by atoms with Crippen LogP contribution in [0, 0.1) is 0 Å². The first kappa shape index (κ1) is 22.8. The van der Waals surface area contributed by atoms with Crippen molar-refractivity contribution in [2.24, 2.45) is 0 Å². The van der Waals surface area contributed by atoms with E-state index in [4.69, 9.17) is 18.9 Å². The van der Waals surface area contributed by atoms with Crippen LogP contribution >= 0.6 is 0 Å². The summed E-state index contributed by atoms with van der Waals surface area (Å²) in [6.07, 6.45) is 3.10. The summed E-state index contributed by atoms with van der Waals surface area (Å²) >= 11 is 0. The van der Waals surface area contributed by atoms with E-state index in [1.54, 1.807) is 48.5 Å². The lowest BCUT2D eigenvalue weighted by atomic mass is 10.2. The molecular weight excluding hydrogens is 410 g/mol. The van der Waals surface area contributed by atoms with Gasteiger partial charge in [-0.1, -0.05) is 13.8 Å². The van der Waals surface area contributed by atoms with E-state index >= 15 is 0 Å². The third-order valence-corrected chi connectivity index (χ3v) is 4.22. The highest BCUT2D eigenvalue weighted by molar-refractivity contribution is 5.93. The Labute approximate surface area is 186 Å². The third-order valence-electron chi connectivity index (χ3n) is 4.22. The number of carbonyl (C=O) groups excluding carboxylic acids is 2. The van der Waals surface area contributed by atoms with E-state index in [1.807, 2.05) is 13.8 Å². The van der Waals surface area contributed by atoms with Crippen molar-refractivity contribution in [3.8, 4) is 23.0 Å². The van der Waals surface area contributed by atoms with E-state index < -0.39 is 11.9 Å². The van der Waals surface area contributed by atoms with Gasteiger partial charge in [-0.15, -0.1) is 0 Å². The molecule has 3 rings (SSSR count). The number of hydrogen-bond donors (Lipinski definition) is 0. The molecule has 7 nitrogen and oxygen atoms in total. The monoisotopic (exact) mass is 435 g/mol. The van der Waals surface area contributed by atoms with Crippen molar-refractivity contribution in [3.63, 3.8) is 0 Å². The van der Waals surface area contributed by atoms with Gasteiger partial charge in [0.2, 0.25) is 0 Å². The van der Waals surface area contributed by atoms with Crippen LogP contribution in [-0.2, 0) is 0 Å². The van der Waals surface area contributed by atoms with Gasteiger partial charge in [0, 0.05) is 6.20 Å². The molecule has 0 saturated carbocycles. The third kappa shape index (κ3) is 6.57. The zero-order valence-electron chi connectivity index (χ0n) is 18.1. The molecule has 0 bridgehead atoms. The lowest BCUT2D eigenvalue weighted by Gasteiger charge is -2.08. The number of esters is 2. The lowest BCUT2D eigenvalue weighted by molar-refractivity contribution is 0.0715. The normalized spacial score (nSPS) is 10.3. The second-order valence-corrected chi connectivity index (χ2v) is 6.85. The van der Waals surface area contributed by atoms with Crippen LogP contribution in [0.15, 0.2) is 66.9 Å². The van der Waals surface area contributed by atoms with Gasteiger partial charge in [-0.25, -0.2) is 14.6 Å². The second-order valence-electron chi connectivity index (χ2n) is 6.85. The number of aromatic nitrogens is 1. The quantitative estimate of drug-likeness (QED) is 0.324. The summed E-state index contributed by atoms with van der Waals surface area (Å²) in [5, 5.41) is 0. The van der Waals surface area contributed by atoms with Crippen molar-refractivity contribution in [2.75, 3.05) is 13.2 Å². The largest absolute Gasteiger partial charge is 0.494 e. The van der Waals surface area contributed by atoms with Crippen molar-refractivity contribution in [3.05, 3.63) is 78.1 Å². The molecule has 0 fully saturated rings. The summed E-state index contributed by atoms with van der Waals surface area (Å²) in [7, 11) is 0. The minimum Gasteiger partial charge on any atom is -0.494 e. The molecule has 7 heteroatoms. The first-order chi connectivity index (χ1) is 15.6. The fourth-order valence-electron chi connectivity index (χ4n) is 2.61. The van der Waals surface area contributed by atoms with Crippen molar-refractivity contribution in [1.82, 2.24) is 4.98 Å². The summed E-state index contributed by atoms with van der Waals surface area (Å²) in [5.74, 6) is 0.955. The van der Waals surface area contributed by atoms with Crippen LogP contribution in [0.5, 0.6) is 23.0 Å². The van der Waals surface area contributed by atoms with Gasteiger partial charge in [0.05, 0.1) is 18.8 Å². The van der Waals surface area contributed by atoms with E-state index in [0.29, 0.717) is 36.2 Å². The molecule has 0 saturated heterocycles. The Kier molecular flexibility index (Phi) is 8.20. The zero-order chi connectivity index (χ0) is 22.8. The predicted octanol–water partition coefficient (Wildman–Crippen LogP) is 5.10. The summed E-state index contributed by atoms with van der Waals surface area (Å²) in [5.41, 5.74) is 0.288. The van der Waals surface area contributed by atoms with Crippen molar-refractivity contribution in [1.29, 1.82) is 0 Å². The van der Waals surface area contributed by atoms with Crippen LogP contribution in [0.25, 0.3) is 0 Å². The molecule has 0 aliphatic rings. The number of pyridine rings is 1. The number of rotatable bonds is 10. The van der Waals surface area contributed by atoms with Crippen molar-refractivity contribution < 1.29 is 28.5 Å². The molecule has 0 radical (unpaired) electrons. The average Bonchev–Trinajstić information content (AvgIpc) is 2.83. The Hall–Kier alpha value is -3.87. The summed E-state index contributed by atoms with van der Waals surface area (Å²) < 4.78 is 21.6. The molecule has 3 aromatic rings. The molecule has 0 atom stereocenters. The number of benzene rings is 2. The number of nitrogens with zero attached hydrogens (tertiary/aromatic N) is 1. The van der Waals surface area contributed by atoms with E-state index in [-0.39, 0.29) is 11.3 Å². The van der Waals surface area contributed by atoms with E-state index in [2.05, 4.69) is 4.98 Å². The maximum atomic E-state index is 12.3. The smallest absolute Gasteiger partial charge is 0.362 e. The topological polar surface area (TPSA) is 84.0 Å². The van der Waals surface area contributed by atoms with Crippen LogP contribution in [0.1, 0.15) is 47.5 Å². The first-order valence-corrected chi connectivity index (χ1v) is 10.4. The molecular formula is C25H25NO6. The van der Waals surface area contributed by atoms with Gasteiger partial charge in [0.25, 0.3) is 0 Å². The molecule has 0 spiro atoms. The van der Waals surface area contributed by atoms with Crippen LogP contribution < -0.4 is 18.9 Å². The summed E-state index contributed by atoms with van der Waals surface area (Å²) in [6.45, 7) is 5.29. The Balaban J connectivity index is 1.55. The number of ether oxygens (including phenoxy) is 4. The minimum absolute atomic E-state index is 0.0743. The average molecular weight is 435 g/mol. The molecule has 166 valence electrons. The highest BCUT2D eigenvalue weighted by atomic mass is 16.5. The SMILES string of the molecule is CCCOc1ccc(OC(=O)c2ccc(C(=O)Oc3ccc(OCCC)cc3)nc2)cc1. The first-order valence-electron chi connectivity index (χ1n) is 10.4. The molecule has 0 aliphatic heterocycles. The molecule has 1 heterocycles. The molecule has 0 amide bonds. The highest BCUT2D eigenvalue weighted by Crippen LogP contribution is 2.20. The molecule has 2 aromatic carbocycles. The number of hydrogen-bond acceptors (Lipinski definition) is 7. The fourth-order valence-corrected chi connectivity index (χ4v) is 2.61. The van der Waals surface area contributed by atoms with Crippen LogP contribution in [-0.4, -0.2) is 30.1 Å². The van der Waals surface area contributed by atoms with E-state index in [0.717, 1.165) is 12.8 Å². The fraction of sp³-hybridized carbons (Fsp3) is 0.240. The van der Waals surface area contributed by atoms with E-state index in [9.17, 15) is 9.59 Å². The molecule has 32 heavy (non-hydrogen) atoms. The van der Waals surface area contributed by atoms with Crippen LogP contribution in [0.4, 0.5) is 0 Å². The van der Waals surface area contributed by atoms with Crippen molar-refractivity contribution in [2.45, 2.75) is 26.7 Å². The van der Waals surface area contributed by atoms with Gasteiger partial charge < -0.3 is 18.9 Å². The maximum absolute atomic E-state index is 12.3. The van der Waals surface area contributed by atoms with E-state index in [1.165, 1.54) is 18.3 Å². The predicted molar refractivity (Wildman–Crippen MR) is 119 cm³/mol. The standard InChI is InChI=1S/C25H25NO6/c1-3-15-29-19-6-10-21(11-7-19)31-24(27)18-5-14-23(26-17-18)25(28)32-22-12-8-20(9-13-22)30-16-4-2/h5-14,17H,3-4,15-16H2,1-2H3. The molecule has 0 N–H and O–H groups in total. The van der Waals surface area contributed by atoms with Crippen molar-refractivity contribution >= 4 is 11.9 Å². The summed E-state index contributed by atoms with van der Waals surface area (Å²) in [4.78, 5) is 28.7. The minimum atomic E-state index is -0.630. The van der Waals surface area contributed by atoms with Gasteiger partial charge >= 0.3 is 11.9 Å². The Morgan fingerprint density at radius 1 is 0.656 bits per heavy atom.